The predicted octanol–water partition coefficient (Wildman–Crippen LogP) is 5.19. The summed E-state index contributed by atoms with van der Waals surface area (Å²) in [4.78, 5) is 10.3. The number of nitrogens with one attached hydrogen (secondary N) is 1. The van der Waals surface area contributed by atoms with Crippen LogP contribution in [0.4, 0.5) is 19.0 Å². The van der Waals surface area contributed by atoms with E-state index in [0.29, 0.717) is 67.3 Å². The van der Waals surface area contributed by atoms with E-state index in [0.717, 1.165) is 11.3 Å². The van der Waals surface area contributed by atoms with Crippen LogP contribution < -0.4 is 15.8 Å². The van der Waals surface area contributed by atoms with E-state index in [2.05, 4.69) is 15.3 Å². The number of benzene rings is 2. The first-order valence-electron chi connectivity index (χ1n) is 13.2. The Balaban J connectivity index is 1.27. The zero-order chi connectivity index (χ0) is 27.0. The van der Waals surface area contributed by atoms with E-state index in [1.807, 2.05) is 59.3 Å². The lowest BCUT2D eigenvalue weighted by atomic mass is 9.83. The number of anilines is 1. The Morgan fingerprint density at radius 3 is 2.26 bits per heavy atom. The number of alkyl halides is 3. The molecular weight excluding hydrogens is 507 g/mol. The van der Waals surface area contributed by atoms with Crippen molar-refractivity contribution in [2.24, 2.45) is 0 Å². The van der Waals surface area contributed by atoms with Gasteiger partial charge in [0.15, 0.2) is 5.65 Å². The summed E-state index contributed by atoms with van der Waals surface area (Å²) in [5.74, 6) is 1.73. The number of halogens is 3. The third kappa shape index (κ3) is 4.70. The van der Waals surface area contributed by atoms with Gasteiger partial charge in [-0.3, -0.25) is 4.90 Å². The Bertz CT molecular complexity index is 1430. The Morgan fingerprint density at radius 1 is 0.923 bits per heavy atom. The zero-order valence-electron chi connectivity index (χ0n) is 21.4. The summed E-state index contributed by atoms with van der Waals surface area (Å²) in [6.45, 7) is 1.43. The van der Waals surface area contributed by atoms with Gasteiger partial charge in [-0.2, -0.15) is 18.3 Å². The molecule has 11 heteroatoms. The fourth-order valence-corrected chi connectivity index (χ4v) is 5.92. The third-order valence-electron chi connectivity index (χ3n) is 8.00. The van der Waals surface area contributed by atoms with Gasteiger partial charge in [0, 0.05) is 18.7 Å². The van der Waals surface area contributed by atoms with Crippen molar-refractivity contribution < 1.29 is 17.9 Å². The summed E-state index contributed by atoms with van der Waals surface area (Å²) in [7, 11) is 0. The van der Waals surface area contributed by atoms with Crippen molar-refractivity contribution in [1.82, 2.24) is 30.0 Å². The molecule has 2 aromatic carbocycles. The number of aromatic nitrogens is 4. The smallest absolute Gasteiger partial charge is 0.406 e. The van der Waals surface area contributed by atoms with E-state index in [9.17, 15) is 13.2 Å². The predicted molar refractivity (Wildman–Crippen MR) is 142 cm³/mol. The van der Waals surface area contributed by atoms with Crippen molar-refractivity contribution in [2.75, 3.05) is 31.9 Å². The largest absolute Gasteiger partial charge is 0.457 e. The molecule has 2 aromatic heterocycles. The van der Waals surface area contributed by atoms with E-state index in [-0.39, 0.29) is 18.9 Å². The molecule has 0 amide bonds. The van der Waals surface area contributed by atoms with Crippen LogP contribution in [0.25, 0.3) is 22.3 Å². The molecule has 3 N–H and O–H groups in total. The maximum Gasteiger partial charge on any atom is 0.406 e. The summed E-state index contributed by atoms with van der Waals surface area (Å²) in [6.07, 6.45) is -1.65. The molecule has 0 atom stereocenters. The van der Waals surface area contributed by atoms with Crippen molar-refractivity contribution >= 4 is 16.9 Å². The number of nitrogen functional groups attached to an aromatic ring is 1. The van der Waals surface area contributed by atoms with Crippen molar-refractivity contribution in [3.05, 3.63) is 60.9 Å². The minimum atomic E-state index is -4.27. The van der Waals surface area contributed by atoms with Crippen LogP contribution in [0, 0.1) is 0 Å². The third-order valence-corrected chi connectivity index (χ3v) is 8.00. The van der Waals surface area contributed by atoms with Gasteiger partial charge in [0.05, 0.1) is 11.4 Å². The number of hydrogen-bond acceptors (Lipinski definition) is 7. The molecule has 0 bridgehead atoms. The number of piperidine rings is 2. The first kappa shape index (κ1) is 25.6. The highest BCUT2D eigenvalue weighted by molar-refractivity contribution is 5.98. The summed E-state index contributed by atoms with van der Waals surface area (Å²) < 4.78 is 50.5. The number of nitrogens with zero attached hydrogens (tertiary/aromatic N) is 5. The second-order valence-electron chi connectivity index (χ2n) is 10.2. The molecule has 0 unspecified atom stereocenters. The molecule has 0 radical (unpaired) electrons. The van der Waals surface area contributed by atoms with Crippen molar-refractivity contribution in [1.29, 1.82) is 0 Å². The van der Waals surface area contributed by atoms with E-state index in [1.54, 1.807) is 4.90 Å². The fourth-order valence-electron chi connectivity index (χ4n) is 5.92. The van der Waals surface area contributed by atoms with Gasteiger partial charge < -0.3 is 15.8 Å². The number of hydrogen-bond donors (Lipinski definition) is 2. The lowest BCUT2D eigenvalue weighted by molar-refractivity contribution is -0.244. The summed E-state index contributed by atoms with van der Waals surface area (Å²) in [6, 6.07) is 16.9. The first-order valence-corrected chi connectivity index (χ1v) is 13.2. The number of fused-ring (bicyclic) bond motifs is 1. The summed E-state index contributed by atoms with van der Waals surface area (Å²) in [5.41, 5.74) is 6.57. The minimum Gasteiger partial charge on any atom is -0.457 e. The molecule has 204 valence electrons. The molecule has 2 aliphatic heterocycles. The van der Waals surface area contributed by atoms with Crippen LogP contribution in [0.15, 0.2) is 60.9 Å². The second kappa shape index (κ2) is 10.1. The fraction of sp³-hybridized carbons (Fsp3) is 0.393. The molecule has 0 saturated carbocycles. The van der Waals surface area contributed by atoms with Crippen molar-refractivity contribution in [2.45, 2.75) is 43.4 Å². The van der Waals surface area contributed by atoms with Gasteiger partial charge in [-0.1, -0.05) is 18.2 Å². The SMILES string of the molecule is Nc1ncnc2c1c(-c1ccc(Oc3ccccc3)cc1)nn2C1CCN(C2(C(F)(F)F)CCNCC2)CC1. The maximum absolute atomic E-state index is 14.3. The van der Waals surface area contributed by atoms with Gasteiger partial charge in [0.2, 0.25) is 0 Å². The second-order valence-corrected chi connectivity index (χ2v) is 10.2. The monoisotopic (exact) mass is 537 g/mol. The average Bonchev–Trinajstić information content (AvgIpc) is 3.35. The van der Waals surface area contributed by atoms with Crippen LogP contribution in [-0.4, -0.2) is 62.5 Å². The molecule has 2 aliphatic rings. The Labute approximate surface area is 224 Å². The lowest BCUT2D eigenvalue weighted by Gasteiger charge is -2.49. The number of rotatable bonds is 5. The number of nitrogens with two attached hydrogens (primary N) is 1. The molecular formula is C28H30F3N7O. The number of likely N-dealkylation sites (tertiary alicyclic amines) is 1. The molecule has 2 fully saturated rings. The number of para-hydroxylation sites is 1. The Morgan fingerprint density at radius 2 is 1.59 bits per heavy atom. The van der Waals surface area contributed by atoms with Crippen LogP contribution in [0.5, 0.6) is 11.5 Å². The maximum atomic E-state index is 14.3. The van der Waals surface area contributed by atoms with Crippen molar-refractivity contribution in [3.63, 3.8) is 0 Å². The topological polar surface area (TPSA) is 94.1 Å². The number of ether oxygens (including phenoxy) is 1. The molecule has 4 aromatic rings. The Hall–Kier alpha value is -3.70. The van der Waals surface area contributed by atoms with E-state index < -0.39 is 11.7 Å². The lowest BCUT2D eigenvalue weighted by Crippen LogP contribution is -2.64. The Kier molecular flexibility index (Phi) is 6.64. The van der Waals surface area contributed by atoms with Gasteiger partial charge in [0.1, 0.15) is 34.9 Å². The molecule has 6 rings (SSSR count). The summed E-state index contributed by atoms with van der Waals surface area (Å²) >= 11 is 0. The van der Waals surface area contributed by atoms with Gasteiger partial charge in [-0.15, -0.1) is 0 Å². The van der Waals surface area contributed by atoms with Gasteiger partial charge in [-0.05, 0) is 75.2 Å². The molecule has 4 heterocycles. The molecule has 8 nitrogen and oxygen atoms in total. The normalized spacial score (nSPS) is 18.8. The highest BCUT2D eigenvalue weighted by Crippen LogP contribution is 2.44. The zero-order valence-corrected chi connectivity index (χ0v) is 21.4. The van der Waals surface area contributed by atoms with Gasteiger partial charge in [-0.25, -0.2) is 14.6 Å². The molecule has 0 aliphatic carbocycles. The van der Waals surface area contributed by atoms with Crippen LogP contribution in [0.3, 0.4) is 0 Å². The first-order chi connectivity index (χ1) is 18.9. The molecule has 39 heavy (non-hydrogen) atoms. The molecule has 0 spiro atoms. The van der Waals surface area contributed by atoms with E-state index in [4.69, 9.17) is 15.6 Å². The molecule has 2 saturated heterocycles. The van der Waals surface area contributed by atoms with Crippen LogP contribution in [0.1, 0.15) is 31.7 Å². The average molecular weight is 538 g/mol. The highest BCUT2D eigenvalue weighted by atomic mass is 19.4. The van der Waals surface area contributed by atoms with E-state index in [1.165, 1.54) is 6.33 Å². The van der Waals surface area contributed by atoms with Crippen LogP contribution >= 0.6 is 0 Å². The van der Waals surface area contributed by atoms with Gasteiger partial charge >= 0.3 is 6.18 Å². The van der Waals surface area contributed by atoms with Crippen molar-refractivity contribution in [3.8, 4) is 22.8 Å². The van der Waals surface area contributed by atoms with E-state index >= 15 is 0 Å². The highest BCUT2D eigenvalue weighted by Gasteiger charge is 2.58. The minimum absolute atomic E-state index is 0.0732. The van der Waals surface area contributed by atoms with Crippen LogP contribution in [0.2, 0.25) is 0 Å². The van der Waals surface area contributed by atoms with Gasteiger partial charge in [0.25, 0.3) is 0 Å². The quantitative estimate of drug-likeness (QED) is 0.362. The van der Waals surface area contributed by atoms with Crippen LogP contribution in [-0.2, 0) is 0 Å². The standard InChI is InChI=1S/C28H30F3N7O/c29-28(30,31)27(12-14-33-15-13-27)37-16-10-20(11-17-37)38-26-23(25(32)34-18-35-26)24(36-38)19-6-8-22(9-7-19)39-21-4-2-1-3-5-21/h1-9,18,20,33H,10-17H2,(H2,32,34,35). The summed E-state index contributed by atoms with van der Waals surface area (Å²) in [5, 5.41) is 8.61.